The molecule has 2 N–H and O–H groups in total. The van der Waals surface area contributed by atoms with Gasteiger partial charge in [0.2, 0.25) is 0 Å². The number of hydrogen-bond acceptors (Lipinski definition) is 4. The zero-order chi connectivity index (χ0) is 18.6. The molecular weight excluding hydrogens is 340 g/mol. The van der Waals surface area contributed by atoms with E-state index in [4.69, 9.17) is 9.47 Å². The van der Waals surface area contributed by atoms with Gasteiger partial charge in [0, 0.05) is 6.42 Å². The van der Waals surface area contributed by atoms with Crippen molar-refractivity contribution >= 4 is 0 Å². The van der Waals surface area contributed by atoms with Crippen molar-refractivity contribution in [1.29, 1.82) is 0 Å². The fourth-order valence-electron chi connectivity index (χ4n) is 6.57. The summed E-state index contributed by atoms with van der Waals surface area (Å²) < 4.78 is 11.7. The number of fused-ring (bicyclic) bond motifs is 5. The second-order valence-corrected chi connectivity index (χ2v) is 9.47. The van der Waals surface area contributed by atoms with Crippen LogP contribution in [0.25, 0.3) is 0 Å². The van der Waals surface area contributed by atoms with E-state index >= 15 is 0 Å². The smallest absolute Gasteiger partial charge is 0.199 e. The minimum Gasteiger partial charge on any atom is -0.465 e. The van der Waals surface area contributed by atoms with Gasteiger partial charge in [0.1, 0.15) is 5.75 Å². The Labute approximate surface area is 161 Å². The van der Waals surface area contributed by atoms with Crippen LogP contribution in [0.1, 0.15) is 81.4 Å². The van der Waals surface area contributed by atoms with Crippen LogP contribution in [0.5, 0.6) is 5.75 Å². The molecule has 1 aromatic rings. The molecule has 148 valence electrons. The van der Waals surface area contributed by atoms with Crippen molar-refractivity contribution < 1.29 is 19.7 Å². The minimum atomic E-state index is -0.433. The Balaban J connectivity index is 1.40. The SMILES string of the molecule is C[C@]12CCC3c4ccc(OC5CCCCO5)cc4C(O)CC3C1CC[C@@H]2O. The number of benzene rings is 1. The van der Waals surface area contributed by atoms with Crippen LogP contribution in [0, 0.1) is 17.3 Å². The summed E-state index contributed by atoms with van der Waals surface area (Å²) in [6, 6.07) is 6.29. The molecule has 3 fully saturated rings. The first-order valence-electron chi connectivity index (χ1n) is 10.8. The first-order valence-corrected chi connectivity index (χ1v) is 10.8. The quantitative estimate of drug-likeness (QED) is 0.813. The van der Waals surface area contributed by atoms with Gasteiger partial charge in [0.25, 0.3) is 0 Å². The summed E-state index contributed by atoms with van der Waals surface area (Å²) in [6.45, 7) is 3.04. The van der Waals surface area contributed by atoms with Gasteiger partial charge in [-0.1, -0.05) is 13.0 Å². The molecule has 3 aliphatic carbocycles. The van der Waals surface area contributed by atoms with E-state index in [2.05, 4.69) is 19.1 Å². The number of hydrogen-bond donors (Lipinski definition) is 2. The molecule has 0 radical (unpaired) electrons. The number of ether oxygens (including phenoxy) is 2. The molecule has 4 nitrogen and oxygen atoms in total. The zero-order valence-corrected chi connectivity index (χ0v) is 16.3. The average molecular weight is 373 g/mol. The van der Waals surface area contributed by atoms with E-state index in [0.717, 1.165) is 69.3 Å². The van der Waals surface area contributed by atoms with Crippen LogP contribution in [0.3, 0.4) is 0 Å². The van der Waals surface area contributed by atoms with Gasteiger partial charge in [-0.2, -0.15) is 0 Å². The molecule has 0 aromatic heterocycles. The molecule has 4 heteroatoms. The molecule has 0 spiro atoms. The summed E-state index contributed by atoms with van der Waals surface area (Å²) in [6.07, 6.45) is 7.47. The highest BCUT2D eigenvalue weighted by molar-refractivity contribution is 5.42. The predicted octanol–water partition coefficient (Wildman–Crippen LogP) is 4.30. The summed E-state index contributed by atoms with van der Waals surface area (Å²) in [5.41, 5.74) is 2.39. The van der Waals surface area contributed by atoms with E-state index in [-0.39, 0.29) is 17.8 Å². The minimum absolute atomic E-state index is 0.0414. The highest BCUT2D eigenvalue weighted by Gasteiger charge is 2.55. The third kappa shape index (κ3) is 2.92. The number of aliphatic hydroxyl groups is 2. The number of rotatable bonds is 2. The summed E-state index contributed by atoms with van der Waals surface area (Å²) in [5.74, 6) is 2.33. The second kappa shape index (κ2) is 6.75. The maximum atomic E-state index is 11.0. The molecule has 5 unspecified atom stereocenters. The second-order valence-electron chi connectivity index (χ2n) is 9.47. The highest BCUT2D eigenvalue weighted by atomic mass is 16.7. The van der Waals surface area contributed by atoms with Gasteiger partial charge in [-0.3, -0.25) is 0 Å². The molecule has 1 heterocycles. The maximum absolute atomic E-state index is 11.0. The largest absolute Gasteiger partial charge is 0.465 e. The Hall–Kier alpha value is -1.10. The Morgan fingerprint density at radius 3 is 2.78 bits per heavy atom. The van der Waals surface area contributed by atoms with Gasteiger partial charge in [0.15, 0.2) is 6.29 Å². The predicted molar refractivity (Wildman–Crippen MR) is 103 cm³/mol. The van der Waals surface area contributed by atoms with Gasteiger partial charge in [-0.05, 0) is 91.4 Å². The molecule has 1 aromatic carbocycles. The average Bonchev–Trinajstić information content (AvgIpc) is 2.98. The maximum Gasteiger partial charge on any atom is 0.199 e. The van der Waals surface area contributed by atoms with Crippen molar-refractivity contribution in [3.63, 3.8) is 0 Å². The first-order chi connectivity index (χ1) is 13.1. The van der Waals surface area contributed by atoms with Crippen molar-refractivity contribution in [2.24, 2.45) is 17.3 Å². The lowest BCUT2D eigenvalue weighted by Gasteiger charge is -2.51. The fourth-order valence-corrected chi connectivity index (χ4v) is 6.57. The van der Waals surface area contributed by atoms with Crippen LogP contribution in [-0.4, -0.2) is 29.2 Å². The van der Waals surface area contributed by atoms with Crippen LogP contribution in [-0.2, 0) is 4.74 Å². The van der Waals surface area contributed by atoms with Gasteiger partial charge in [-0.25, -0.2) is 0 Å². The van der Waals surface area contributed by atoms with Crippen molar-refractivity contribution in [3.8, 4) is 5.75 Å². The summed E-state index contributed by atoms with van der Waals surface area (Å²) in [7, 11) is 0. The molecular formula is C23H32O4. The molecule has 7 atom stereocenters. The van der Waals surface area contributed by atoms with Gasteiger partial charge < -0.3 is 19.7 Å². The Kier molecular flexibility index (Phi) is 4.49. The normalized spacial score (nSPS) is 43.5. The van der Waals surface area contributed by atoms with E-state index in [0.29, 0.717) is 17.8 Å². The Morgan fingerprint density at radius 2 is 1.96 bits per heavy atom. The Bertz CT molecular complexity index is 698. The van der Waals surface area contributed by atoms with Crippen molar-refractivity contribution in [1.82, 2.24) is 0 Å². The van der Waals surface area contributed by atoms with E-state index in [9.17, 15) is 10.2 Å². The molecule has 1 saturated heterocycles. The standard InChI is InChI=1S/C23H32O4/c1-23-10-9-16-15-6-5-14(27-22-4-2-3-11-26-22)12-18(15)20(24)13-17(16)19(23)7-8-21(23)25/h5-6,12,16-17,19-22,24-25H,2-4,7-11,13H2,1H3/t16?,17?,19?,20?,21-,22?,23-/m0/s1. The summed E-state index contributed by atoms with van der Waals surface area (Å²) in [5, 5.41) is 21.5. The lowest BCUT2D eigenvalue weighted by Crippen LogP contribution is -2.44. The summed E-state index contributed by atoms with van der Waals surface area (Å²) in [4.78, 5) is 0. The molecule has 2 saturated carbocycles. The van der Waals surface area contributed by atoms with E-state index < -0.39 is 6.10 Å². The zero-order valence-electron chi connectivity index (χ0n) is 16.3. The van der Waals surface area contributed by atoms with Gasteiger partial charge in [0.05, 0.1) is 18.8 Å². The molecule has 5 rings (SSSR count). The van der Waals surface area contributed by atoms with Crippen LogP contribution in [0.15, 0.2) is 18.2 Å². The molecule has 27 heavy (non-hydrogen) atoms. The topological polar surface area (TPSA) is 58.9 Å². The lowest BCUT2D eigenvalue weighted by atomic mass is 9.55. The third-order valence-corrected chi connectivity index (χ3v) is 8.10. The van der Waals surface area contributed by atoms with E-state index in [1.807, 2.05) is 6.07 Å². The van der Waals surface area contributed by atoms with Crippen LogP contribution >= 0.6 is 0 Å². The molecule has 0 bridgehead atoms. The van der Waals surface area contributed by atoms with Gasteiger partial charge >= 0.3 is 0 Å². The van der Waals surface area contributed by atoms with Crippen LogP contribution in [0.2, 0.25) is 0 Å². The van der Waals surface area contributed by atoms with E-state index in [1.54, 1.807) is 0 Å². The fraction of sp³-hybridized carbons (Fsp3) is 0.739. The third-order valence-electron chi connectivity index (χ3n) is 8.10. The van der Waals surface area contributed by atoms with Crippen LogP contribution < -0.4 is 4.74 Å². The van der Waals surface area contributed by atoms with Crippen molar-refractivity contribution in [3.05, 3.63) is 29.3 Å². The highest BCUT2D eigenvalue weighted by Crippen LogP contribution is 2.62. The molecule has 0 amide bonds. The van der Waals surface area contributed by atoms with Crippen molar-refractivity contribution in [2.75, 3.05) is 6.61 Å². The van der Waals surface area contributed by atoms with E-state index in [1.165, 1.54) is 5.56 Å². The summed E-state index contributed by atoms with van der Waals surface area (Å²) >= 11 is 0. The van der Waals surface area contributed by atoms with Crippen molar-refractivity contribution in [2.45, 2.75) is 82.7 Å². The molecule has 4 aliphatic rings. The first kappa shape index (κ1) is 18.0. The Morgan fingerprint density at radius 1 is 1.07 bits per heavy atom. The van der Waals surface area contributed by atoms with Crippen LogP contribution in [0.4, 0.5) is 0 Å². The van der Waals surface area contributed by atoms with Gasteiger partial charge in [-0.15, -0.1) is 0 Å². The lowest BCUT2D eigenvalue weighted by molar-refractivity contribution is -0.106. The monoisotopic (exact) mass is 372 g/mol. The molecule has 1 aliphatic heterocycles. The number of aliphatic hydroxyl groups excluding tert-OH is 2.